The SMILES string of the molecule is CCCNCc1nc(-c2ccoc2)no1. The molecule has 0 aliphatic rings. The fourth-order valence-corrected chi connectivity index (χ4v) is 1.21. The Balaban J connectivity index is 1.98. The molecule has 0 unspecified atom stereocenters. The maximum absolute atomic E-state index is 5.07. The molecule has 2 aromatic heterocycles. The summed E-state index contributed by atoms with van der Waals surface area (Å²) in [6, 6.07) is 1.80. The van der Waals surface area contributed by atoms with Gasteiger partial charge in [-0.05, 0) is 19.0 Å². The highest BCUT2D eigenvalue weighted by atomic mass is 16.5. The molecule has 0 atom stereocenters. The topological polar surface area (TPSA) is 64.1 Å². The van der Waals surface area contributed by atoms with Gasteiger partial charge in [-0.1, -0.05) is 12.1 Å². The Hall–Kier alpha value is -1.62. The number of nitrogens with zero attached hydrogens (tertiary/aromatic N) is 2. The van der Waals surface area contributed by atoms with Crippen molar-refractivity contribution in [3.63, 3.8) is 0 Å². The number of nitrogens with one attached hydrogen (secondary N) is 1. The summed E-state index contributed by atoms with van der Waals surface area (Å²) in [4.78, 5) is 4.22. The van der Waals surface area contributed by atoms with E-state index in [9.17, 15) is 0 Å². The second-order valence-electron chi connectivity index (χ2n) is 3.20. The lowest BCUT2D eigenvalue weighted by Gasteiger charge is -1.95. The van der Waals surface area contributed by atoms with E-state index in [1.165, 1.54) is 0 Å². The first kappa shape index (κ1) is 9.92. The predicted molar refractivity (Wildman–Crippen MR) is 54.0 cm³/mol. The van der Waals surface area contributed by atoms with Crippen molar-refractivity contribution in [3.05, 3.63) is 24.5 Å². The minimum atomic E-state index is 0.567. The molecule has 0 amide bonds. The Kier molecular flexibility index (Phi) is 3.14. The Bertz CT molecular complexity index is 394. The van der Waals surface area contributed by atoms with E-state index in [1.807, 2.05) is 0 Å². The first-order valence-electron chi connectivity index (χ1n) is 4.96. The molecule has 1 N–H and O–H groups in total. The molecule has 80 valence electrons. The van der Waals surface area contributed by atoms with E-state index in [0.717, 1.165) is 18.5 Å². The molecule has 0 bridgehead atoms. The van der Waals surface area contributed by atoms with Crippen molar-refractivity contribution < 1.29 is 8.94 Å². The quantitative estimate of drug-likeness (QED) is 0.758. The minimum absolute atomic E-state index is 0.567. The zero-order valence-electron chi connectivity index (χ0n) is 8.56. The third kappa shape index (κ3) is 2.44. The molecule has 2 aromatic rings. The molecular formula is C10H13N3O2. The van der Waals surface area contributed by atoms with Crippen LogP contribution in [0.15, 0.2) is 27.5 Å². The summed E-state index contributed by atoms with van der Waals surface area (Å²) in [6.45, 7) is 3.67. The zero-order chi connectivity index (χ0) is 10.5. The highest BCUT2D eigenvalue weighted by molar-refractivity contribution is 5.51. The van der Waals surface area contributed by atoms with E-state index in [1.54, 1.807) is 18.6 Å². The number of furan rings is 1. The van der Waals surface area contributed by atoms with Crippen molar-refractivity contribution in [2.45, 2.75) is 19.9 Å². The fourth-order valence-electron chi connectivity index (χ4n) is 1.21. The van der Waals surface area contributed by atoms with Gasteiger partial charge in [-0.15, -0.1) is 0 Å². The number of hydrogen-bond acceptors (Lipinski definition) is 5. The van der Waals surface area contributed by atoms with Gasteiger partial charge in [0.05, 0.1) is 18.4 Å². The fraction of sp³-hybridized carbons (Fsp3) is 0.400. The van der Waals surface area contributed by atoms with Gasteiger partial charge in [0.2, 0.25) is 11.7 Å². The van der Waals surface area contributed by atoms with Crippen LogP contribution in [0.25, 0.3) is 11.4 Å². The summed E-state index contributed by atoms with van der Waals surface area (Å²) < 4.78 is 10.0. The van der Waals surface area contributed by atoms with Gasteiger partial charge in [0.1, 0.15) is 6.26 Å². The second-order valence-corrected chi connectivity index (χ2v) is 3.20. The van der Waals surface area contributed by atoms with Crippen LogP contribution >= 0.6 is 0 Å². The average molecular weight is 207 g/mol. The van der Waals surface area contributed by atoms with Crippen LogP contribution < -0.4 is 5.32 Å². The summed E-state index contributed by atoms with van der Waals surface area (Å²) >= 11 is 0. The van der Waals surface area contributed by atoms with Crippen molar-refractivity contribution in [2.75, 3.05) is 6.54 Å². The summed E-state index contributed by atoms with van der Waals surface area (Å²) in [5.74, 6) is 1.16. The Morgan fingerprint density at radius 3 is 3.13 bits per heavy atom. The maximum atomic E-state index is 5.07. The van der Waals surface area contributed by atoms with Crippen LogP contribution in [-0.2, 0) is 6.54 Å². The Morgan fingerprint density at radius 1 is 1.47 bits per heavy atom. The third-order valence-corrected chi connectivity index (χ3v) is 1.95. The predicted octanol–water partition coefficient (Wildman–Crippen LogP) is 1.83. The van der Waals surface area contributed by atoms with Gasteiger partial charge in [-0.2, -0.15) is 4.98 Å². The van der Waals surface area contributed by atoms with Gasteiger partial charge in [-0.25, -0.2) is 0 Å². The van der Waals surface area contributed by atoms with E-state index < -0.39 is 0 Å². The van der Waals surface area contributed by atoms with E-state index in [0.29, 0.717) is 18.3 Å². The van der Waals surface area contributed by atoms with Crippen molar-refractivity contribution in [2.24, 2.45) is 0 Å². The molecule has 0 fully saturated rings. The summed E-state index contributed by atoms with van der Waals surface area (Å²) in [5.41, 5.74) is 0.834. The van der Waals surface area contributed by atoms with E-state index in [2.05, 4.69) is 22.4 Å². The highest BCUT2D eigenvalue weighted by Crippen LogP contribution is 2.15. The first-order valence-corrected chi connectivity index (χ1v) is 4.96. The van der Waals surface area contributed by atoms with Crippen LogP contribution in [0, 0.1) is 0 Å². The summed E-state index contributed by atoms with van der Waals surface area (Å²) in [5, 5.41) is 7.04. The van der Waals surface area contributed by atoms with E-state index >= 15 is 0 Å². The van der Waals surface area contributed by atoms with Crippen LogP contribution in [-0.4, -0.2) is 16.7 Å². The highest BCUT2D eigenvalue weighted by Gasteiger charge is 2.08. The van der Waals surface area contributed by atoms with Crippen molar-refractivity contribution in [1.29, 1.82) is 0 Å². The smallest absolute Gasteiger partial charge is 0.240 e. The molecule has 0 saturated carbocycles. The van der Waals surface area contributed by atoms with Crippen molar-refractivity contribution in [3.8, 4) is 11.4 Å². The molecule has 0 saturated heterocycles. The second kappa shape index (κ2) is 4.75. The van der Waals surface area contributed by atoms with Gasteiger partial charge >= 0.3 is 0 Å². The van der Waals surface area contributed by atoms with Gasteiger partial charge < -0.3 is 14.3 Å². The minimum Gasteiger partial charge on any atom is -0.472 e. The first-order chi connectivity index (χ1) is 7.40. The molecule has 0 radical (unpaired) electrons. The van der Waals surface area contributed by atoms with Gasteiger partial charge in [0, 0.05) is 0 Å². The number of aromatic nitrogens is 2. The molecule has 0 spiro atoms. The third-order valence-electron chi connectivity index (χ3n) is 1.95. The Morgan fingerprint density at radius 2 is 2.40 bits per heavy atom. The lowest BCUT2D eigenvalue weighted by Crippen LogP contribution is -2.13. The number of rotatable bonds is 5. The lowest BCUT2D eigenvalue weighted by molar-refractivity contribution is 0.368. The molecule has 2 heterocycles. The zero-order valence-corrected chi connectivity index (χ0v) is 8.56. The van der Waals surface area contributed by atoms with Crippen molar-refractivity contribution >= 4 is 0 Å². The van der Waals surface area contributed by atoms with Crippen LogP contribution in [0.5, 0.6) is 0 Å². The summed E-state index contributed by atoms with van der Waals surface area (Å²) in [6.07, 6.45) is 4.26. The van der Waals surface area contributed by atoms with E-state index in [-0.39, 0.29) is 0 Å². The molecule has 5 heteroatoms. The molecule has 2 rings (SSSR count). The van der Waals surface area contributed by atoms with Gasteiger partial charge in [0.15, 0.2) is 0 Å². The van der Waals surface area contributed by atoms with Crippen LogP contribution in [0.4, 0.5) is 0 Å². The van der Waals surface area contributed by atoms with Crippen LogP contribution in [0.2, 0.25) is 0 Å². The molecular weight excluding hydrogens is 194 g/mol. The van der Waals surface area contributed by atoms with Crippen molar-refractivity contribution in [1.82, 2.24) is 15.5 Å². The van der Waals surface area contributed by atoms with Gasteiger partial charge in [-0.3, -0.25) is 0 Å². The largest absolute Gasteiger partial charge is 0.472 e. The van der Waals surface area contributed by atoms with Crippen LogP contribution in [0.3, 0.4) is 0 Å². The normalized spacial score (nSPS) is 10.7. The molecule has 5 nitrogen and oxygen atoms in total. The molecule has 15 heavy (non-hydrogen) atoms. The Labute approximate surface area is 87.5 Å². The van der Waals surface area contributed by atoms with Gasteiger partial charge in [0.25, 0.3) is 0 Å². The molecule has 0 aliphatic heterocycles. The lowest BCUT2D eigenvalue weighted by atomic mass is 10.3. The molecule has 0 aliphatic carbocycles. The molecule has 0 aromatic carbocycles. The number of hydrogen-bond donors (Lipinski definition) is 1. The summed E-state index contributed by atoms with van der Waals surface area (Å²) in [7, 11) is 0. The maximum Gasteiger partial charge on any atom is 0.240 e. The van der Waals surface area contributed by atoms with Crippen LogP contribution in [0.1, 0.15) is 19.2 Å². The average Bonchev–Trinajstić information content (AvgIpc) is 2.87. The monoisotopic (exact) mass is 207 g/mol. The van der Waals surface area contributed by atoms with E-state index in [4.69, 9.17) is 8.94 Å². The standard InChI is InChI=1S/C10H13N3O2/c1-2-4-11-6-9-12-10(13-15-9)8-3-5-14-7-8/h3,5,7,11H,2,4,6H2,1H3.